The van der Waals surface area contributed by atoms with Crippen LogP contribution in [0, 0.1) is 17.7 Å². The van der Waals surface area contributed by atoms with E-state index >= 15 is 0 Å². The van der Waals surface area contributed by atoms with Crippen molar-refractivity contribution in [1.29, 1.82) is 0 Å². The lowest BCUT2D eigenvalue weighted by Crippen LogP contribution is -1.98. The van der Waals surface area contributed by atoms with Gasteiger partial charge in [0.1, 0.15) is 17.1 Å². The quantitative estimate of drug-likeness (QED) is 0.635. The Kier molecular flexibility index (Phi) is 3.81. The van der Waals surface area contributed by atoms with Gasteiger partial charge in [0, 0.05) is 11.3 Å². The fourth-order valence-corrected chi connectivity index (χ4v) is 2.76. The number of halogens is 1. The van der Waals surface area contributed by atoms with Crippen LogP contribution in [0.5, 0.6) is 5.75 Å². The number of nitrogens with one attached hydrogen (secondary N) is 1. The highest BCUT2D eigenvalue weighted by Crippen LogP contribution is 2.31. The Balaban J connectivity index is 1.72. The van der Waals surface area contributed by atoms with Crippen LogP contribution >= 0.6 is 11.3 Å². The van der Waals surface area contributed by atoms with Gasteiger partial charge in [0.25, 0.3) is 0 Å². The number of nitrogen functional groups attached to an aromatic ring is 1. The Morgan fingerprint density at radius 2 is 2.05 bits per heavy atom. The Bertz CT molecular complexity index is 878. The van der Waals surface area contributed by atoms with Crippen LogP contribution in [0.2, 0.25) is 0 Å². The lowest BCUT2D eigenvalue weighted by atomic mass is 10.2. The van der Waals surface area contributed by atoms with Gasteiger partial charge in [0.15, 0.2) is 5.13 Å². The summed E-state index contributed by atoms with van der Waals surface area (Å²) in [6.07, 6.45) is 0. The maximum absolute atomic E-state index is 12.8. The monoisotopic (exact) mass is 313 g/mol. The number of benzene rings is 2. The molecule has 110 valence electrons. The number of phenolic OH excluding ortho intramolecular Hbond substituents is 1. The van der Waals surface area contributed by atoms with Crippen molar-refractivity contribution >= 4 is 32.4 Å². The van der Waals surface area contributed by atoms with Crippen LogP contribution in [0.3, 0.4) is 0 Å². The van der Waals surface area contributed by atoms with Crippen molar-refractivity contribution in [1.82, 2.24) is 4.98 Å². The molecule has 4 nitrogen and oxygen atoms in total. The summed E-state index contributed by atoms with van der Waals surface area (Å²) in [5.41, 5.74) is 7.61. The van der Waals surface area contributed by atoms with E-state index in [-0.39, 0.29) is 11.6 Å². The van der Waals surface area contributed by atoms with E-state index < -0.39 is 0 Å². The molecule has 0 amide bonds. The summed E-state index contributed by atoms with van der Waals surface area (Å²) in [5, 5.41) is 13.4. The molecular weight excluding hydrogens is 301 g/mol. The van der Waals surface area contributed by atoms with E-state index in [2.05, 4.69) is 22.1 Å². The molecule has 0 aliphatic rings. The second-order valence-electron chi connectivity index (χ2n) is 4.56. The third kappa shape index (κ3) is 3.10. The molecule has 0 aliphatic heterocycles. The SMILES string of the molecule is Nc1nc2c(O)cc(C#CCNc3ccc(F)cc3)cc2s1. The van der Waals surface area contributed by atoms with E-state index in [0.29, 0.717) is 22.8 Å². The highest BCUT2D eigenvalue weighted by Gasteiger charge is 2.07. The van der Waals surface area contributed by atoms with Crippen LogP contribution in [0.25, 0.3) is 10.2 Å². The average molecular weight is 313 g/mol. The number of aromatic hydroxyl groups is 1. The molecular formula is C16H12FN3OS. The van der Waals surface area contributed by atoms with E-state index in [4.69, 9.17) is 5.73 Å². The molecule has 0 radical (unpaired) electrons. The Morgan fingerprint density at radius 1 is 1.27 bits per heavy atom. The van der Waals surface area contributed by atoms with Crippen molar-refractivity contribution in [3.63, 3.8) is 0 Å². The maximum atomic E-state index is 12.8. The van der Waals surface area contributed by atoms with Gasteiger partial charge in [-0.1, -0.05) is 23.2 Å². The molecule has 4 N–H and O–H groups in total. The molecule has 0 aliphatic carbocycles. The Hall–Kier alpha value is -2.78. The molecule has 0 saturated heterocycles. The fraction of sp³-hybridized carbons (Fsp3) is 0.0625. The number of hydrogen-bond acceptors (Lipinski definition) is 5. The molecule has 22 heavy (non-hydrogen) atoms. The van der Waals surface area contributed by atoms with Gasteiger partial charge in [0.05, 0.1) is 11.2 Å². The molecule has 3 aromatic rings. The topological polar surface area (TPSA) is 71.2 Å². The van der Waals surface area contributed by atoms with E-state index in [9.17, 15) is 9.50 Å². The minimum Gasteiger partial charge on any atom is -0.506 e. The molecule has 0 fully saturated rings. The molecule has 0 spiro atoms. The number of aromatic nitrogens is 1. The lowest BCUT2D eigenvalue weighted by Gasteiger charge is -2.00. The van der Waals surface area contributed by atoms with Crippen LogP contribution < -0.4 is 11.1 Å². The summed E-state index contributed by atoms with van der Waals surface area (Å²) in [6, 6.07) is 9.47. The highest BCUT2D eigenvalue weighted by molar-refractivity contribution is 7.22. The summed E-state index contributed by atoms with van der Waals surface area (Å²) in [4.78, 5) is 4.05. The molecule has 1 heterocycles. The van der Waals surface area contributed by atoms with Crippen LogP contribution in [0.1, 0.15) is 5.56 Å². The average Bonchev–Trinajstić information content (AvgIpc) is 2.86. The predicted molar refractivity (Wildman–Crippen MR) is 87.5 cm³/mol. The molecule has 3 rings (SSSR count). The second-order valence-corrected chi connectivity index (χ2v) is 5.62. The highest BCUT2D eigenvalue weighted by atomic mass is 32.1. The minimum atomic E-state index is -0.274. The number of fused-ring (bicyclic) bond motifs is 1. The van der Waals surface area contributed by atoms with E-state index in [1.165, 1.54) is 23.5 Å². The first kappa shape index (κ1) is 14.2. The summed E-state index contributed by atoms with van der Waals surface area (Å²) < 4.78 is 13.6. The molecule has 1 aromatic heterocycles. The smallest absolute Gasteiger partial charge is 0.181 e. The first-order valence-corrected chi connectivity index (χ1v) is 7.31. The standard InChI is InChI=1S/C16H12FN3OS/c17-11-3-5-12(6-4-11)19-7-1-2-10-8-13(21)15-14(9-10)22-16(18)20-15/h3-6,8-9,19,21H,7H2,(H2,18,20). The van der Waals surface area contributed by atoms with E-state index in [1.54, 1.807) is 18.2 Å². The number of hydrogen-bond donors (Lipinski definition) is 3. The first-order chi connectivity index (χ1) is 10.6. The van der Waals surface area contributed by atoms with Crippen molar-refractivity contribution < 1.29 is 9.50 Å². The zero-order valence-corrected chi connectivity index (χ0v) is 12.2. The van der Waals surface area contributed by atoms with Gasteiger partial charge in [0.2, 0.25) is 0 Å². The number of anilines is 2. The third-order valence-corrected chi connectivity index (χ3v) is 3.78. The van der Waals surface area contributed by atoms with Gasteiger partial charge in [-0.05, 0) is 36.4 Å². The molecule has 2 aromatic carbocycles. The van der Waals surface area contributed by atoms with Crippen molar-refractivity contribution in [2.45, 2.75) is 0 Å². The number of phenols is 1. The molecule has 0 bridgehead atoms. The Labute approximate surface area is 130 Å². The zero-order valence-electron chi connectivity index (χ0n) is 11.4. The molecule has 6 heteroatoms. The van der Waals surface area contributed by atoms with Gasteiger partial charge < -0.3 is 16.2 Å². The Morgan fingerprint density at radius 3 is 2.82 bits per heavy atom. The van der Waals surface area contributed by atoms with Gasteiger partial charge >= 0.3 is 0 Å². The number of thiazole rings is 1. The second kappa shape index (κ2) is 5.92. The van der Waals surface area contributed by atoms with Crippen LogP contribution in [-0.4, -0.2) is 16.6 Å². The summed E-state index contributed by atoms with van der Waals surface area (Å²) in [5.74, 6) is 5.71. The first-order valence-electron chi connectivity index (χ1n) is 6.49. The van der Waals surface area contributed by atoms with Crippen molar-refractivity contribution in [2.24, 2.45) is 0 Å². The van der Waals surface area contributed by atoms with E-state index in [0.717, 1.165) is 10.4 Å². The molecule has 0 unspecified atom stereocenters. The normalized spacial score (nSPS) is 10.2. The number of rotatable bonds is 2. The zero-order chi connectivity index (χ0) is 15.5. The summed E-state index contributed by atoms with van der Waals surface area (Å²) >= 11 is 1.31. The molecule has 0 saturated carbocycles. The summed E-state index contributed by atoms with van der Waals surface area (Å²) in [6.45, 7) is 0.412. The number of nitrogens with two attached hydrogens (primary N) is 1. The minimum absolute atomic E-state index is 0.0706. The van der Waals surface area contributed by atoms with Gasteiger partial charge in [-0.2, -0.15) is 0 Å². The van der Waals surface area contributed by atoms with Crippen LogP contribution in [-0.2, 0) is 0 Å². The lowest BCUT2D eigenvalue weighted by molar-refractivity contribution is 0.480. The van der Waals surface area contributed by atoms with Crippen molar-refractivity contribution in [3.05, 3.63) is 47.8 Å². The summed E-state index contributed by atoms with van der Waals surface area (Å²) in [7, 11) is 0. The predicted octanol–water partition coefficient (Wildman–Crippen LogP) is 3.19. The maximum Gasteiger partial charge on any atom is 0.181 e. The third-order valence-electron chi connectivity index (χ3n) is 2.95. The van der Waals surface area contributed by atoms with Crippen molar-refractivity contribution in [2.75, 3.05) is 17.6 Å². The number of nitrogens with zero attached hydrogens (tertiary/aromatic N) is 1. The fourth-order valence-electron chi connectivity index (χ4n) is 1.96. The van der Waals surface area contributed by atoms with Gasteiger partial charge in [-0.25, -0.2) is 9.37 Å². The van der Waals surface area contributed by atoms with E-state index in [1.807, 2.05) is 6.07 Å². The van der Waals surface area contributed by atoms with Crippen LogP contribution in [0.15, 0.2) is 36.4 Å². The van der Waals surface area contributed by atoms with Gasteiger partial charge in [-0.3, -0.25) is 0 Å². The van der Waals surface area contributed by atoms with Crippen molar-refractivity contribution in [3.8, 4) is 17.6 Å². The van der Waals surface area contributed by atoms with Crippen LogP contribution in [0.4, 0.5) is 15.2 Å². The largest absolute Gasteiger partial charge is 0.506 e. The molecule has 0 atom stereocenters. The van der Waals surface area contributed by atoms with Gasteiger partial charge in [-0.15, -0.1) is 0 Å².